The molecule has 0 spiro atoms. The van der Waals surface area contributed by atoms with Crippen LogP contribution in [0.25, 0.3) is 0 Å². The van der Waals surface area contributed by atoms with E-state index in [-0.39, 0.29) is 30.6 Å². The zero-order chi connectivity index (χ0) is 11.0. The van der Waals surface area contributed by atoms with Crippen molar-refractivity contribution >= 4 is 11.9 Å². The third-order valence-electron chi connectivity index (χ3n) is 2.97. The molecule has 0 bridgehead atoms. The average molecular weight is 211 g/mol. The minimum Gasteiger partial charge on any atom is -0.316 e. The van der Waals surface area contributed by atoms with E-state index in [4.69, 9.17) is 0 Å². The maximum atomic E-state index is 11.9. The molecule has 0 radical (unpaired) electrons. The van der Waals surface area contributed by atoms with Crippen molar-refractivity contribution in [3.63, 3.8) is 0 Å². The van der Waals surface area contributed by atoms with Crippen LogP contribution in [0.15, 0.2) is 0 Å². The summed E-state index contributed by atoms with van der Waals surface area (Å²) in [6.45, 7) is 2.85. The summed E-state index contributed by atoms with van der Waals surface area (Å²) in [5.41, 5.74) is 0. The van der Waals surface area contributed by atoms with Crippen LogP contribution in [-0.2, 0) is 4.79 Å². The Balaban J connectivity index is 1.98. The highest BCUT2D eigenvalue weighted by molar-refractivity contribution is 6.02. The first-order valence-corrected chi connectivity index (χ1v) is 5.41. The summed E-state index contributed by atoms with van der Waals surface area (Å²) in [7, 11) is 1.85. The monoisotopic (exact) mass is 211 g/mol. The molecule has 0 aromatic carbocycles. The van der Waals surface area contributed by atoms with Crippen molar-refractivity contribution < 1.29 is 9.59 Å². The van der Waals surface area contributed by atoms with Crippen LogP contribution in [-0.4, -0.2) is 54.0 Å². The highest BCUT2D eigenvalue weighted by Gasteiger charge is 2.44. The number of likely N-dealkylation sites (N-methyl/N-ethyl adjacent to an activating group) is 1. The Morgan fingerprint density at radius 2 is 2.13 bits per heavy atom. The molecule has 2 rings (SSSR count). The van der Waals surface area contributed by atoms with Crippen LogP contribution in [0, 0.1) is 0 Å². The van der Waals surface area contributed by atoms with Crippen molar-refractivity contribution in [2.45, 2.75) is 31.8 Å². The summed E-state index contributed by atoms with van der Waals surface area (Å²) in [6.07, 6.45) is 1.96. The Kier molecular flexibility index (Phi) is 2.65. The number of amides is 3. The lowest BCUT2D eigenvalue weighted by atomic mass is 10.3. The van der Waals surface area contributed by atoms with Gasteiger partial charge in [0.15, 0.2) is 0 Å². The average Bonchev–Trinajstić information content (AvgIpc) is 2.97. The molecule has 1 unspecified atom stereocenters. The first-order chi connectivity index (χ1) is 7.13. The number of hydrogen-bond acceptors (Lipinski definition) is 3. The lowest BCUT2D eigenvalue weighted by molar-refractivity contribution is -0.125. The predicted octanol–water partition coefficient (Wildman–Crippen LogP) is 0.0209. The fourth-order valence-electron chi connectivity index (χ4n) is 1.82. The van der Waals surface area contributed by atoms with Crippen LogP contribution in [0.4, 0.5) is 4.79 Å². The summed E-state index contributed by atoms with van der Waals surface area (Å²) in [5.74, 6) is -0.0363. The van der Waals surface area contributed by atoms with E-state index in [2.05, 4.69) is 5.32 Å². The minimum atomic E-state index is -0.107. The SMILES string of the molecule is CNC(C)CN1CC(=O)N(C2CC2)C1=O. The van der Waals surface area contributed by atoms with Gasteiger partial charge in [-0.2, -0.15) is 0 Å². The van der Waals surface area contributed by atoms with Gasteiger partial charge in [0.05, 0.1) is 0 Å². The van der Waals surface area contributed by atoms with Crippen LogP contribution in [0.1, 0.15) is 19.8 Å². The first kappa shape index (κ1) is 10.4. The predicted molar refractivity (Wildman–Crippen MR) is 55.4 cm³/mol. The Labute approximate surface area is 89.4 Å². The fourth-order valence-corrected chi connectivity index (χ4v) is 1.82. The van der Waals surface area contributed by atoms with Gasteiger partial charge in [-0.25, -0.2) is 4.79 Å². The van der Waals surface area contributed by atoms with Crippen molar-refractivity contribution in [1.82, 2.24) is 15.1 Å². The fraction of sp³-hybridized carbons (Fsp3) is 0.800. The van der Waals surface area contributed by atoms with Gasteiger partial charge in [-0.1, -0.05) is 0 Å². The molecular weight excluding hydrogens is 194 g/mol. The maximum Gasteiger partial charge on any atom is 0.327 e. The zero-order valence-electron chi connectivity index (χ0n) is 9.19. The molecule has 5 heteroatoms. The van der Waals surface area contributed by atoms with Gasteiger partial charge in [0.25, 0.3) is 5.91 Å². The largest absolute Gasteiger partial charge is 0.327 e. The molecule has 1 aliphatic carbocycles. The third kappa shape index (κ3) is 1.97. The zero-order valence-corrected chi connectivity index (χ0v) is 9.19. The molecule has 1 heterocycles. The van der Waals surface area contributed by atoms with E-state index in [1.54, 1.807) is 4.90 Å². The first-order valence-electron chi connectivity index (χ1n) is 5.41. The van der Waals surface area contributed by atoms with Gasteiger partial charge in [-0.15, -0.1) is 0 Å². The molecule has 1 saturated heterocycles. The molecule has 0 aromatic rings. The lowest BCUT2D eigenvalue weighted by Gasteiger charge is -2.20. The van der Waals surface area contributed by atoms with E-state index in [9.17, 15) is 9.59 Å². The number of carbonyl (C=O) groups is 2. The molecule has 5 nitrogen and oxygen atoms in total. The van der Waals surface area contributed by atoms with Crippen molar-refractivity contribution in [1.29, 1.82) is 0 Å². The van der Waals surface area contributed by atoms with Gasteiger partial charge < -0.3 is 10.2 Å². The molecule has 0 aromatic heterocycles. The Hall–Kier alpha value is -1.10. The van der Waals surface area contributed by atoms with Crippen LogP contribution in [0.3, 0.4) is 0 Å². The molecule has 3 amide bonds. The number of urea groups is 1. The summed E-state index contributed by atoms with van der Waals surface area (Å²) >= 11 is 0. The molecular formula is C10H17N3O2. The van der Waals surface area contributed by atoms with Crippen LogP contribution >= 0.6 is 0 Å². The molecule has 1 N–H and O–H groups in total. The molecule has 2 aliphatic rings. The minimum absolute atomic E-state index is 0.0363. The van der Waals surface area contributed by atoms with Crippen molar-refractivity contribution in [3.8, 4) is 0 Å². The molecule has 2 fully saturated rings. The van der Waals surface area contributed by atoms with E-state index in [1.807, 2.05) is 14.0 Å². The number of carbonyl (C=O) groups excluding carboxylic acids is 2. The summed E-state index contributed by atoms with van der Waals surface area (Å²) in [5, 5.41) is 3.06. The Morgan fingerprint density at radius 3 is 2.67 bits per heavy atom. The van der Waals surface area contributed by atoms with E-state index in [0.29, 0.717) is 6.54 Å². The molecule has 84 valence electrons. The number of nitrogens with one attached hydrogen (secondary N) is 1. The topological polar surface area (TPSA) is 52.7 Å². The smallest absolute Gasteiger partial charge is 0.316 e. The number of hydrogen-bond donors (Lipinski definition) is 1. The second-order valence-corrected chi connectivity index (χ2v) is 4.35. The second kappa shape index (κ2) is 3.81. The van der Waals surface area contributed by atoms with E-state index >= 15 is 0 Å². The Morgan fingerprint density at radius 1 is 1.47 bits per heavy atom. The van der Waals surface area contributed by atoms with E-state index in [1.165, 1.54) is 4.90 Å². The highest BCUT2D eigenvalue weighted by atomic mass is 16.2. The number of imide groups is 1. The van der Waals surface area contributed by atoms with Crippen LogP contribution < -0.4 is 5.32 Å². The molecule has 1 atom stereocenters. The molecule has 1 saturated carbocycles. The van der Waals surface area contributed by atoms with Gasteiger partial charge >= 0.3 is 6.03 Å². The number of nitrogens with zero attached hydrogens (tertiary/aromatic N) is 2. The van der Waals surface area contributed by atoms with Gasteiger partial charge in [-0.05, 0) is 26.8 Å². The normalized spacial score (nSPS) is 23.9. The highest BCUT2D eigenvalue weighted by Crippen LogP contribution is 2.30. The standard InChI is InChI=1S/C10H17N3O2/c1-7(11-2)5-12-6-9(14)13(10(12)15)8-3-4-8/h7-8,11H,3-6H2,1-2H3. The third-order valence-corrected chi connectivity index (χ3v) is 2.97. The van der Waals surface area contributed by atoms with E-state index in [0.717, 1.165) is 12.8 Å². The summed E-state index contributed by atoms with van der Waals surface area (Å²) in [4.78, 5) is 26.5. The van der Waals surface area contributed by atoms with Crippen molar-refractivity contribution in [3.05, 3.63) is 0 Å². The summed E-state index contributed by atoms with van der Waals surface area (Å²) < 4.78 is 0. The van der Waals surface area contributed by atoms with Gasteiger partial charge in [-0.3, -0.25) is 9.69 Å². The quantitative estimate of drug-likeness (QED) is 0.667. The lowest BCUT2D eigenvalue weighted by Crippen LogP contribution is -2.40. The van der Waals surface area contributed by atoms with Gasteiger partial charge in [0, 0.05) is 18.6 Å². The maximum absolute atomic E-state index is 11.9. The van der Waals surface area contributed by atoms with E-state index < -0.39 is 0 Å². The molecule has 1 aliphatic heterocycles. The van der Waals surface area contributed by atoms with Crippen molar-refractivity contribution in [2.75, 3.05) is 20.1 Å². The number of rotatable bonds is 4. The van der Waals surface area contributed by atoms with Crippen molar-refractivity contribution in [2.24, 2.45) is 0 Å². The Bertz CT molecular complexity index is 288. The van der Waals surface area contributed by atoms with Gasteiger partial charge in [0.1, 0.15) is 6.54 Å². The second-order valence-electron chi connectivity index (χ2n) is 4.35. The van der Waals surface area contributed by atoms with Gasteiger partial charge in [0.2, 0.25) is 0 Å². The summed E-state index contributed by atoms with van der Waals surface area (Å²) in [6, 6.07) is 0.311. The van der Waals surface area contributed by atoms with Crippen LogP contribution in [0.2, 0.25) is 0 Å². The van der Waals surface area contributed by atoms with Crippen LogP contribution in [0.5, 0.6) is 0 Å². The molecule has 15 heavy (non-hydrogen) atoms.